The van der Waals surface area contributed by atoms with Gasteiger partial charge in [0.05, 0.1) is 12.6 Å². The number of amides is 1. The van der Waals surface area contributed by atoms with E-state index >= 15 is 0 Å². The molecule has 1 fully saturated rings. The van der Waals surface area contributed by atoms with Crippen molar-refractivity contribution in [3.63, 3.8) is 0 Å². The minimum atomic E-state index is -0.105. The monoisotopic (exact) mass is 288 g/mol. The van der Waals surface area contributed by atoms with Crippen LogP contribution in [0.15, 0.2) is 24.3 Å². The third kappa shape index (κ3) is 4.39. The molecule has 1 saturated heterocycles. The van der Waals surface area contributed by atoms with Gasteiger partial charge in [-0.25, -0.2) is 0 Å². The van der Waals surface area contributed by atoms with Gasteiger partial charge in [0.2, 0.25) is 5.91 Å². The van der Waals surface area contributed by atoms with Crippen LogP contribution in [0, 0.1) is 0 Å². The summed E-state index contributed by atoms with van der Waals surface area (Å²) in [5.41, 5.74) is 2.03. The molecule has 1 aromatic rings. The number of benzene rings is 1. The summed E-state index contributed by atoms with van der Waals surface area (Å²) in [7, 11) is 0. The van der Waals surface area contributed by atoms with Gasteiger partial charge in [0.15, 0.2) is 0 Å². The summed E-state index contributed by atoms with van der Waals surface area (Å²) in [6, 6.07) is 7.83. The number of piperidine rings is 1. The molecule has 2 rings (SSSR count). The number of rotatable bonds is 5. The maximum atomic E-state index is 12.2. The zero-order valence-corrected chi connectivity index (χ0v) is 12.8. The van der Waals surface area contributed by atoms with Gasteiger partial charge in [-0.1, -0.05) is 32.4 Å². The van der Waals surface area contributed by atoms with Gasteiger partial charge in [-0.2, -0.15) is 0 Å². The molecule has 1 heterocycles. The smallest absolute Gasteiger partial charge is 0.238 e. The van der Waals surface area contributed by atoms with Crippen LogP contribution in [-0.4, -0.2) is 36.2 Å². The molecule has 1 aliphatic heterocycles. The minimum Gasteiger partial charge on any atom is -0.325 e. The van der Waals surface area contributed by atoms with E-state index < -0.39 is 0 Å². The van der Waals surface area contributed by atoms with E-state index in [1.54, 1.807) is 0 Å². The highest BCUT2D eigenvalue weighted by Crippen LogP contribution is 2.19. The summed E-state index contributed by atoms with van der Waals surface area (Å²) < 4.78 is 0. The third-order valence-corrected chi connectivity index (χ3v) is 4.01. The fraction of sp³-hybridized carbons (Fsp3) is 0.529. The Hall–Kier alpha value is -1.68. The lowest BCUT2D eigenvalue weighted by molar-refractivity contribution is -0.120. The molecule has 0 saturated carbocycles. The highest BCUT2D eigenvalue weighted by Gasteiger charge is 2.23. The summed E-state index contributed by atoms with van der Waals surface area (Å²) in [5.74, 6) is 0.382. The van der Waals surface area contributed by atoms with Gasteiger partial charge in [-0.3, -0.25) is 9.69 Å². The first-order valence-corrected chi connectivity index (χ1v) is 7.69. The average Bonchev–Trinajstić information content (AvgIpc) is 2.48. The Bertz CT molecular complexity index is 499. The predicted octanol–water partition coefficient (Wildman–Crippen LogP) is 2.80. The quantitative estimate of drug-likeness (QED) is 0.848. The second-order valence-electron chi connectivity index (χ2n) is 6.00. The molecule has 1 aromatic carbocycles. The molecule has 1 atom stereocenters. The zero-order valence-electron chi connectivity index (χ0n) is 12.8. The van der Waals surface area contributed by atoms with E-state index in [4.69, 9.17) is 0 Å². The fourth-order valence-corrected chi connectivity index (χ4v) is 2.73. The van der Waals surface area contributed by atoms with Crippen molar-refractivity contribution in [1.82, 2.24) is 4.90 Å². The molecule has 114 valence electrons. The molecule has 0 aromatic heterocycles. The maximum absolute atomic E-state index is 12.2. The molecule has 1 unspecified atom stereocenters. The zero-order chi connectivity index (χ0) is 15.2. The number of aldehydes is 1. The van der Waals surface area contributed by atoms with Crippen molar-refractivity contribution in [2.75, 3.05) is 18.4 Å². The Morgan fingerprint density at radius 1 is 1.43 bits per heavy atom. The number of likely N-dealkylation sites (tertiary alicyclic amines) is 1. The minimum absolute atomic E-state index is 0.0512. The van der Waals surface area contributed by atoms with Crippen molar-refractivity contribution in [3.05, 3.63) is 29.8 Å². The highest BCUT2D eigenvalue weighted by atomic mass is 16.2. The second kappa shape index (κ2) is 7.36. The van der Waals surface area contributed by atoms with Crippen molar-refractivity contribution in [3.8, 4) is 0 Å². The molecule has 4 nitrogen and oxygen atoms in total. The van der Waals surface area contributed by atoms with E-state index in [1.165, 1.54) is 5.56 Å². The molecule has 1 amide bonds. The molecular weight excluding hydrogens is 264 g/mol. The Labute approximate surface area is 126 Å². The Balaban J connectivity index is 1.95. The van der Waals surface area contributed by atoms with Gasteiger partial charge >= 0.3 is 0 Å². The molecular formula is C17H24N2O2. The van der Waals surface area contributed by atoms with Crippen molar-refractivity contribution < 1.29 is 9.59 Å². The van der Waals surface area contributed by atoms with Gasteiger partial charge in [-0.05, 0) is 43.0 Å². The van der Waals surface area contributed by atoms with Crippen molar-refractivity contribution in [2.24, 2.45) is 0 Å². The maximum Gasteiger partial charge on any atom is 0.238 e. The summed E-state index contributed by atoms with van der Waals surface area (Å²) in [6.07, 6.45) is 3.95. The summed E-state index contributed by atoms with van der Waals surface area (Å²) in [5, 5.41) is 2.93. The second-order valence-corrected chi connectivity index (χ2v) is 6.00. The lowest BCUT2D eigenvalue weighted by Gasteiger charge is -2.31. The first-order valence-electron chi connectivity index (χ1n) is 7.69. The molecule has 1 aliphatic rings. The first-order chi connectivity index (χ1) is 10.1. The van der Waals surface area contributed by atoms with Crippen LogP contribution in [0.4, 0.5) is 5.69 Å². The number of hydrogen-bond donors (Lipinski definition) is 1. The Morgan fingerprint density at radius 2 is 2.24 bits per heavy atom. The summed E-state index contributed by atoms with van der Waals surface area (Å²) >= 11 is 0. The van der Waals surface area contributed by atoms with Gasteiger partial charge in [0, 0.05) is 5.69 Å². The van der Waals surface area contributed by atoms with Crippen molar-refractivity contribution in [2.45, 2.75) is 45.1 Å². The van der Waals surface area contributed by atoms with Gasteiger partial charge in [0.1, 0.15) is 6.29 Å². The number of carbonyl (C=O) groups is 2. The van der Waals surface area contributed by atoms with Gasteiger partial charge in [0.25, 0.3) is 0 Å². The van der Waals surface area contributed by atoms with E-state index in [9.17, 15) is 9.59 Å². The van der Waals surface area contributed by atoms with E-state index in [0.717, 1.165) is 37.8 Å². The number of carbonyl (C=O) groups excluding carboxylic acids is 2. The van der Waals surface area contributed by atoms with Gasteiger partial charge < -0.3 is 10.1 Å². The molecule has 0 bridgehead atoms. The van der Waals surface area contributed by atoms with Crippen LogP contribution in [0.25, 0.3) is 0 Å². The summed E-state index contributed by atoms with van der Waals surface area (Å²) in [4.78, 5) is 25.2. The molecule has 0 radical (unpaired) electrons. The van der Waals surface area contributed by atoms with Crippen LogP contribution in [0.2, 0.25) is 0 Å². The SMILES string of the molecule is CC(C)c1cccc(NC(=O)CN2CCCCC2C=O)c1. The van der Waals surface area contributed by atoms with Crippen LogP contribution in [0.5, 0.6) is 0 Å². The number of nitrogens with one attached hydrogen (secondary N) is 1. The molecule has 0 spiro atoms. The molecule has 1 N–H and O–H groups in total. The highest BCUT2D eigenvalue weighted by molar-refractivity contribution is 5.92. The van der Waals surface area contributed by atoms with Crippen LogP contribution in [-0.2, 0) is 9.59 Å². The fourth-order valence-electron chi connectivity index (χ4n) is 2.73. The lowest BCUT2D eigenvalue weighted by Crippen LogP contribution is -2.44. The molecule has 4 heteroatoms. The molecule has 0 aliphatic carbocycles. The number of hydrogen-bond acceptors (Lipinski definition) is 3. The van der Waals surface area contributed by atoms with Crippen LogP contribution < -0.4 is 5.32 Å². The topological polar surface area (TPSA) is 49.4 Å². The van der Waals surface area contributed by atoms with Crippen molar-refractivity contribution in [1.29, 1.82) is 0 Å². The van der Waals surface area contributed by atoms with E-state index in [2.05, 4.69) is 25.2 Å². The van der Waals surface area contributed by atoms with E-state index in [-0.39, 0.29) is 18.5 Å². The number of anilines is 1. The van der Waals surface area contributed by atoms with Gasteiger partial charge in [-0.15, -0.1) is 0 Å². The largest absolute Gasteiger partial charge is 0.325 e. The predicted molar refractivity (Wildman–Crippen MR) is 84.4 cm³/mol. The lowest BCUT2D eigenvalue weighted by atomic mass is 10.0. The third-order valence-electron chi connectivity index (χ3n) is 4.01. The van der Waals surface area contributed by atoms with E-state index in [1.807, 2.05) is 23.1 Å². The summed E-state index contributed by atoms with van der Waals surface area (Å²) in [6.45, 7) is 5.37. The Kier molecular flexibility index (Phi) is 5.51. The normalized spacial score (nSPS) is 19.5. The molecule has 21 heavy (non-hydrogen) atoms. The first kappa shape index (κ1) is 15.7. The van der Waals surface area contributed by atoms with Crippen molar-refractivity contribution >= 4 is 17.9 Å². The van der Waals surface area contributed by atoms with Crippen LogP contribution in [0.3, 0.4) is 0 Å². The average molecular weight is 288 g/mol. The Morgan fingerprint density at radius 3 is 2.95 bits per heavy atom. The standard InChI is InChI=1S/C17H24N2O2/c1-13(2)14-6-5-7-15(10-14)18-17(21)11-19-9-4-3-8-16(19)12-20/h5-7,10,12-13,16H,3-4,8-9,11H2,1-2H3,(H,18,21). The van der Waals surface area contributed by atoms with Crippen LogP contribution in [0.1, 0.15) is 44.6 Å². The van der Waals surface area contributed by atoms with Crippen LogP contribution >= 0.6 is 0 Å². The van der Waals surface area contributed by atoms with E-state index in [0.29, 0.717) is 5.92 Å². The number of nitrogens with zero attached hydrogens (tertiary/aromatic N) is 1.